The predicted octanol–water partition coefficient (Wildman–Crippen LogP) is 4.89. The minimum Gasteiger partial charge on any atom is -0.201 e. The van der Waals surface area contributed by atoms with Crippen molar-refractivity contribution < 1.29 is 9.15 Å². The van der Waals surface area contributed by atoms with Crippen LogP contribution in [0.1, 0.15) is 52.7 Å². The summed E-state index contributed by atoms with van der Waals surface area (Å²) in [5.74, 6) is 0. The maximum absolute atomic E-state index is 2.39. The summed E-state index contributed by atoms with van der Waals surface area (Å²) in [6.07, 6.45) is 0. The van der Waals surface area contributed by atoms with Crippen molar-refractivity contribution in [2.24, 2.45) is 0 Å². The van der Waals surface area contributed by atoms with Gasteiger partial charge in [0.25, 0.3) is 0 Å². The van der Waals surface area contributed by atoms with Crippen LogP contribution < -0.4 is 0 Å². The number of fused-ring (bicyclic) bond motifs is 5. The molecule has 0 amide bonds. The van der Waals surface area contributed by atoms with Gasteiger partial charge in [-0.3, -0.25) is 0 Å². The summed E-state index contributed by atoms with van der Waals surface area (Å²) < 4.78 is 4.78. The van der Waals surface area contributed by atoms with Crippen LogP contribution in [0.3, 0.4) is 0 Å². The van der Waals surface area contributed by atoms with Gasteiger partial charge in [0.05, 0.1) is 21.6 Å². The number of nitrogens with zero attached hydrogens (tertiary/aromatic N) is 2. The maximum atomic E-state index is 2.39. The van der Waals surface area contributed by atoms with Crippen LogP contribution in [0.2, 0.25) is 0 Å². The van der Waals surface area contributed by atoms with Gasteiger partial charge >= 0.3 is 0 Å². The Bertz CT molecular complexity index is 903. The molecule has 0 saturated heterocycles. The number of benzene rings is 2. The molecule has 2 heteroatoms. The molecule has 24 heavy (non-hydrogen) atoms. The highest BCUT2D eigenvalue weighted by atomic mass is 15.0. The second kappa shape index (κ2) is 4.36. The fourth-order valence-electron chi connectivity index (χ4n) is 4.67. The molecule has 2 aromatic carbocycles. The summed E-state index contributed by atoms with van der Waals surface area (Å²) in [6, 6.07) is 9.37. The number of rotatable bonds is 0. The lowest BCUT2D eigenvalue weighted by Crippen LogP contribution is -2.25. The van der Waals surface area contributed by atoms with Gasteiger partial charge in [-0.05, 0) is 39.8 Å². The van der Waals surface area contributed by atoms with Gasteiger partial charge in [0, 0.05) is 25.0 Å². The predicted molar refractivity (Wildman–Crippen MR) is 103 cm³/mol. The van der Waals surface area contributed by atoms with Crippen LogP contribution in [0.5, 0.6) is 0 Å². The van der Waals surface area contributed by atoms with Crippen LogP contribution in [-0.2, 0) is 10.8 Å². The Morgan fingerprint density at radius 2 is 0.958 bits per heavy atom. The first-order valence-corrected chi connectivity index (χ1v) is 8.86. The molecule has 2 nitrogen and oxygen atoms in total. The molecule has 0 atom stereocenters. The van der Waals surface area contributed by atoms with E-state index in [0.29, 0.717) is 0 Å². The van der Waals surface area contributed by atoms with Crippen LogP contribution in [0.15, 0.2) is 24.3 Å². The Kier molecular flexibility index (Phi) is 2.82. The van der Waals surface area contributed by atoms with Gasteiger partial charge in [0.15, 0.2) is 11.4 Å². The molecule has 0 radical (unpaired) electrons. The van der Waals surface area contributed by atoms with E-state index in [0.717, 1.165) is 0 Å². The third-order valence-electron chi connectivity index (χ3n) is 6.98. The Morgan fingerprint density at radius 3 is 1.29 bits per heavy atom. The third kappa shape index (κ3) is 1.57. The molecule has 2 aliphatic rings. The molecule has 0 aliphatic carbocycles. The molecule has 0 fully saturated rings. The summed E-state index contributed by atoms with van der Waals surface area (Å²) in [5, 5.41) is 2.74. The van der Waals surface area contributed by atoms with Crippen LogP contribution >= 0.6 is 0 Å². The standard InChI is InChI=1S/C22H28N2/c1-13-21(3,4)17-11-9-16-15(19(17)23(13)7)10-12-18-20(16)24(8)14(2)22(18,5)6/h9-12H,1-8H3/q+2. The Morgan fingerprint density at radius 1 is 0.625 bits per heavy atom. The Balaban J connectivity index is 2.15. The van der Waals surface area contributed by atoms with E-state index in [9.17, 15) is 0 Å². The van der Waals surface area contributed by atoms with E-state index >= 15 is 0 Å². The van der Waals surface area contributed by atoms with E-state index in [-0.39, 0.29) is 10.8 Å². The molecule has 2 aromatic rings. The van der Waals surface area contributed by atoms with Gasteiger partial charge in [-0.15, -0.1) is 0 Å². The van der Waals surface area contributed by atoms with Gasteiger partial charge in [0.1, 0.15) is 14.1 Å². The molecule has 0 unspecified atom stereocenters. The third-order valence-corrected chi connectivity index (χ3v) is 6.98. The molecule has 4 rings (SSSR count). The topological polar surface area (TPSA) is 6.02 Å². The van der Waals surface area contributed by atoms with Gasteiger partial charge in [0.2, 0.25) is 11.4 Å². The zero-order chi connectivity index (χ0) is 17.6. The lowest BCUT2D eigenvalue weighted by Gasteiger charge is -2.16. The molecule has 0 N–H and O–H groups in total. The van der Waals surface area contributed by atoms with Crippen LogP contribution in [0.25, 0.3) is 10.8 Å². The van der Waals surface area contributed by atoms with Crippen molar-refractivity contribution in [3.8, 4) is 0 Å². The van der Waals surface area contributed by atoms with Gasteiger partial charge in [-0.25, -0.2) is 9.15 Å². The maximum Gasteiger partial charge on any atom is 0.217 e. The van der Waals surface area contributed by atoms with Crippen molar-refractivity contribution in [3.05, 3.63) is 35.4 Å². The normalized spacial score (nSPS) is 20.8. The first-order valence-electron chi connectivity index (χ1n) is 8.86. The van der Waals surface area contributed by atoms with Crippen molar-refractivity contribution in [2.45, 2.75) is 52.4 Å². The van der Waals surface area contributed by atoms with E-state index in [1.54, 1.807) is 0 Å². The second-order valence-electron chi connectivity index (χ2n) is 8.56. The Hall–Kier alpha value is -1.96. The molecule has 124 valence electrons. The average molecular weight is 320 g/mol. The molecule has 0 saturated carbocycles. The summed E-state index contributed by atoms with van der Waals surface area (Å²) in [7, 11) is 4.42. The molecular weight excluding hydrogens is 292 g/mol. The lowest BCUT2D eigenvalue weighted by molar-refractivity contribution is -0.402. The van der Waals surface area contributed by atoms with Gasteiger partial charge in [-0.1, -0.05) is 12.1 Å². The van der Waals surface area contributed by atoms with Crippen LogP contribution in [0.4, 0.5) is 11.4 Å². The first-order chi connectivity index (χ1) is 11.1. The summed E-state index contributed by atoms with van der Waals surface area (Å²) in [5.41, 5.74) is 8.69. The zero-order valence-corrected chi connectivity index (χ0v) is 16.2. The molecule has 2 heterocycles. The summed E-state index contributed by atoms with van der Waals surface area (Å²) in [6.45, 7) is 13.8. The molecular formula is C22H28N2+2. The second-order valence-corrected chi connectivity index (χ2v) is 8.56. The highest BCUT2D eigenvalue weighted by Crippen LogP contribution is 2.48. The summed E-state index contributed by atoms with van der Waals surface area (Å²) in [4.78, 5) is 0. The van der Waals surface area contributed by atoms with Crippen LogP contribution in [0, 0.1) is 0 Å². The molecule has 0 bridgehead atoms. The number of hydrogen-bond acceptors (Lipinski definition) is 0. The van der Waals surface area contributed by atoms with E-state index < -0.39 is 0 Å². The monoisotopic (exact) mass is 320 g/mol. The van der Waals surface area contributed by atoms with E-state index in [4.69, 9.17) is 0 Å². The van der Waals surface area contributed by atoms with E-state index in [1.807, 2.05) is 0 Å². The van der Waals surface area contributed by atoms with Crippen molar-refractivity contribution >= 4 is 33.6 Å². The van der Waals surface area contributed by atoms with Crippen molar-refractivity contribution in [1.29, 1.82) is 0 Å². The SMILES string of the molecule is CC1=[N+](C)c2c(ccc3c4c(ccc23)C(C)(C)C(C)=[N+]4C)C1(C)C. The lowest BCUT2D eigenvalue weighted by atomic mass is 9.79. The van der Waals surface area contributed by atoms with Crippen molar-refractivity contribution in [1.82, 2.24) is 0 Å². The largest absolute Gasteiger partial charge is 0.217 e. The van der Waals surface area contributed by atoms with Gasteiger partial charge in [-0.2, -0.15) is 0 Å². The fourth-order valence-corrected chi connectivity index (χ4v) is 4.67. The smallest absolute Gasteiger partial charge is 0.201 e. The minimum atomic E-state index is 0.102. The average Bonchev–Trinajstić information content (AvgIpc) is 2.83. The van der Waals surface area contributed by atoms with Gasteiger partial charge < -0.3 is 0 Å². The molecule has 2 aliphatic heterocycles. The van der Waals surface area contributed by atoms with Crippen molar-refractivity contribution in [3.63, 3.8) is 0 Å². The molecule has 0 aromatic heterocycles. The van der Waals surface area contributed by atoms with Crippen LogP contribution in [-0.4, -0.2) is 34.7 Å². The molecule has 0 spiro atoms. The van der Waals surface area contributed by atoms with Crippen molar-refractivity contribution in [2.75, 3.05) is 14.1 Å². The first kappa shape index (κ1) is 15.6. The number of hydrogen-bond donors (Lipinski definition) is 0. The zero-order valence-electron chi connectivity index (χ0n) is 16.2. The highest BCUT2D eigenvalue weighted by molar-refractivity contribution is 6.07. The summed E-state index contributed by atoms with van der Waals surface area (Å²) >= 11 is 0. The fraction of sp³-hybridized carbons (Fsp3) is 0.455. The van der Waals surface area contributed by atoms with E-state index in [2.05, 4.69) is 89.1 Å². The quantitative estimate of drug-likeness (QED) is 0.610. The Labute approximate surface area is 145 Å². The highest BCUT2D eigenvalue weighted by Gasteiger charge is 2.46. The van der Waals surface area contributed by atoms with E-state index in [1.165, 1.54) is 44.7 Å². The minimum absolute atomic E-state index is 0.102.